The number of nitrogens with zero attached hydrogens (tertiary/aromatic N) is 6. The Balaban J connectivity index is 1.51. The fourth-order valence-electron chi connectivity index (χ4n) is 3.84. The van der Waals surface area contributed by atoms with Gasteiger partial charge in [-0.2, -0.15) is 10.2 Å². The second kappa shape index (κ2) is 7.39. The van der Waals surface area contributed by atoms with E-state index in [9.17, 15) is 9.65 Å². The van der Waals surface area contributed by atoms with Gasteiger partial charge in [-0.25, -0.2) is 9.37 Å². The minimum Gasteiger partial charge on any atom is -0.365 e. The van der Waals surface area contributed by atoms with Crippen LogP contribution in [0.25, 0.3) is 0 Å². The number of hydrogen-bond donors (Lipinski definition) is 0. The average Bonchev–Trinajstić information content (AvgIpc) is 3.22. The Labute approximate surface area is 158 Å². The molecule has 0 atom stereocenters. The van der Waals surface area contributed by atoms with E-state index in [-0.39, 0.29) is 5.82 Å². The summed E-state index contributed by atoms with van der Waals surface area (Å²) < 4.78 is 14.3. The van der Waals surface area contributed by atoms with Crippen LogP contribution in [0.2, 0.25) is 0 Å². The van der Waals surface area contributed by atoms with Gasteiger partial charge in [-0.1, -0.05) is 6.07 Å². The number of hydrogen-bond acceptors (Lipinski definition) is 6. The summed E-state index contributed by atoms with van der Waals surface area (Å²) in [5.74, 6) is 1.40. The van der Waals surface area contributed by atoms with E-state index in [1.807, 2.05) is 17.9 Å². The molecule has 2 fully saturated rings. The largest absolute Gasteiger partial charge is 0.365 e. The Bertz CT molecular complexity index is 863. The Kier molecular flexibility index (Phi) is 4.80. The fourth-order valence-corrected chi connectivity index (χ4v) is 3.84. The van der Waals surface area contributed by atoms with Crippen molar-refractivity contribution in [2.75, 3.05) is 54.0 Å². The molecule has 2 aliphatic heterocycles. The number of nitriles is 1. The van der Waals surface area contributed by atoms with E-state index in [1.54, 1.807) is 12.1 Å². The van der Waals surface area contributed by atoms with Gasteiger partial charge < -0.3 is 14.7 Å². The van der Waals surface area contributed by atoms with E-state index in [0.29, 0.717) is 37.4 Å². The van der Waals surface area contributed by atoms with E-state index in [1.165, 1.54) is 18.9 Å². The number of para-hydroxylation sites is 1. The third-order valence-corrected chi connectivity index (χ3v) is 5.24. The molecule has 3 heterocycles. The minimum atomic E-state index is -0.342. The van der Waals surface area contributed by atoms with Crippen molar-refractivity contribution >= 4 is 17.5 Å². The molecule has 0 spiro atoms. The molecule has 0 bridgehead atoms. The molecule has 27 heavy (non-hydrogen) atoms. The van der Waals surface area contributed by atoms with Gasteiger partial charge >= 0.3 is 0 Å². The molecule has 0 saturated carbocycles. The predicted octanol–water partition coefficient (Wildman–Crippen LogP) is 2.72. The Morgan fingerprint density at radius 2 is 1.67 bits per heavy atom. The summed E-state index contributed by atoms with van der Waals surface area (Å²) in [5.41, 5.74) is 1.75. The number of halogens is 1. The van der Waals surface area contributed by atoms with Gasteiger partial charge in [0.15, 0.2) is 0 Å². The number of aromatic nitrogens is 2. The van der Waals surface area contributed by atoms with Crippen molar-refractivity contribution < 1.29 is 4.39 Å². The summed E-state index contributed by atoms with van der Waals surface area (Å²) in [6.07, 6.45) is 2.42. The maximum atomic E-state index is 14.3. The second-order valence-corrected chi connectivity index (χ2v) is 7.08. The second-order valence-electron chi connectivity index (χ2n) is 7.08. The third-order valence-electron chi connectivity index (χ3n) is 5.24. The van der Waals surface area contributed by atoms with Crippen LogP contribution in [0.3, 0.4) is 0 Å². The van der Waals surface area contributed by atoms with Crippen LogP contribution in [0.15, 0.2) is 24.3 Å². The number of rotatable bonds is 3. The van der Waals surface area contributed by atoms with E-state index >= 15 is 0 Å². The van der Waals surface area contributed by atoms with E-state index < -0.39 is 0 Å². The fraction of sp³-hybridized carbons (Fsp3) is 0.450. The van der Waals surface area contributed by atoms with Crippen molar-refractivity contribution in [1.29, 1.82) is 5.26 Å². The first-order valence-corrected chi connectivity index (χ1v) is 9.45. The maximum absolute atomic E-state index is 14.3. The molecule has 0 unspecified atom stereocenters. The molecule has 1 aromatic heterocycles. The highest BCUT2D eigenvalue weighted by atomic mass is 19.1. The Hall–Kier alpha value is -2.88. The van der Waals surface area contributed by atoms with Crippen LogP contribution in [0.5, 0.6) is 0 Å². The maximum Gasteiger partial charge on any atom is 0.227 e. The van der Waals surface area contributed by atoms with Gasteiger partial charge in [0.25, 0.3) is 0 Å². The van der Waals surface area contributed by atoms with Crippen LogP contribution in [-0.2, 0) is 0 Å². The van der Waals surface area contributed by atoms with Crippen LogP contribution >= 0.6 is 0 Å². The van der Waals surface area contributed by atoms with Gasteiger partial charge in [-0.05, 0) is 31.9 Å². The lowest BCUT2D eigenvalue weighted by Gasteiger charge is -2.36. The zero-order chi connectivity index (χ0) is 18.8. The molecule has 0 N–H and O–H groups in total. The molecule has 0 aliphatic carbocycles. The van der Waals surface area contributed by atoms with E-state index in [2.05, 4.69) is 20.9 Å². The number of anilines is 3. The lowest BCUT2D eigenvalue weighted by molar-refractivity contribution is 0.593. The van der Waals surface area contributed by atoms with Gasteiger partial charge in [0.05, 0.1) is 11.3 Å². The van der Waals surface area contributed by atoms with E-state index in [4.69, 9.17) is 4.98 Å². The molecule has 1 aromatic carbocycles. The highest BCUT2D eigenvalue weighted by Gasteiger charge is 2.24. The zero-order valence-corrected chi connectivity index (χ0v) is 15.5. The smallest absolute Gasteiger partial charge is 0.227 e. The summed E-state index contributed by atoms with van der Waals surface area (Å²) in [7, 11) is 0. The standard InChI is InChI=1S/C20H23FN6/c1-15-13-18(25-7-2-3-8-25)24-20(23-15)27-11-9-26(10-12-27)19-16(14-22)5-4-6-17(19)21/h4-6,13H,2-3,7-12H2,1H3. The molecular formula is C20H23FN6. The summed E-state index contributed by atoms with van der Waals surface area (Å²) >= 11 is 0. The number of benzene rings is 1. The summed E-state index contributed by atoms with van der Waals surface area (Å²) in [5, 5.41) is 9.29. The molecular weight excluding hydrogens is 343 g/mol. The molecule has 140 valence electrons. The third kappa shape index (κ3) is 3.52. The quantitative estimate of drug-likeness (QED) is 0.832. The highest BCUT2D eigenvalue weighted by Crippen LogP contribution is 2.27. The molecule has 2 aromatic rings. The molecule has 2 aliphatic rings. The number of piperazine rings is 1. The topological polar surface area (TPSA) is 59.3 Å². The lowest BCUT2D eigenvalue weighted by Crippen LogP contribution is -2.47. The van der Waals surface area contributed by atoms with Crippen LogP contribution in [0, 0.1) is 24.1 Å². The van der Waals surface area contributed by atoms with E-state index in [0.717, 1.165) is 30.5 Å². The van der Waals surface area contributed by atoms with Crippen molar-refractivity contribution in [3.8, 4) is 6.07 Å². The first-order chi connectivity index (χ1) is 13.2. The van der Waals surface area contributed by atoms with Crippen molar-refractivity contribution in [2.24, 2.45) is 0 Å². The van der Waals surface area contributed by atoms with Crippen molar-refractivity contribution in [1.82, 2.24) is 9.97 Å². The first kappa shape index (κ1) is 17.5. The van der Waals surface area contributed by atoms with Crippen LogP contribution < -0.4 is 14.7 Å². The van der Waals surface area contributed by atoms with Gasteiger partial charge in [0.1, 0.15) is 17.7 Å². The zero-order valence-electron chi connectivity index (χ0n) is 15.5. The van der Waals surface area contributed by atoms with Crippen LogP contribution in [0.4, 0.5) is 21.8 Å². The van der Waals surface area contributed by atoms with Crippen LogP contribution in [-0.4, -0.2) is 49.2 Å². The van der Waals surface area contributed by atoms with Gasteiger partial charge in [-0.3, -0.25) is 0 Å². The highest BCUT2D eigenvalue weighted by molar-refractivity contribution is 5.61. The number of aryl methyl sites for hydroxylation is 1. The molecule has 7 heteroatoms. The van der Waals surface area contributed by atoms with Crippen molar-refractivity contribution in [2.45, 2.75) is 19.8 Å². The molecule has 4 rings (SSSR count). The Morgan fingerprint density at radius 1 is 0.963 bits per heavy atom. The van der Waals surface area contributed by atoms with Gasteiger partial charge in [0.2, 0.25) is 5.95 Å². The summed E-state index contributed by atoms with van der Waals surface area (Å²) in [6.45, 7) is 6.75. The molecule has 0 amide bonds. The van der Waals surface area contributed by atoms with Crippen molar-refractivity contribution in [3.05, 3.63) is 41.3 Å². The van der Waals surface area contributed by atoms with Crippen molar-refractivity contribution in [3.63, 3.8) is 0 Å². The monoisotopic (exact) mass is 366 g/mol. The van der Waals surface area contributed by atoms with Gasteiger partial charge in [-0.15, -0.1) is 0 Å². The molecule has 6 nitrogen and oxygen atoms in total. The summed E-state index contributed by atoms with van der Waals surface area (Å²) in [6, 6.07) is 8.79. The molecule has 2 saturated heterocycles. The lowest BCUT2D eigenvalue weighted by atomic mass is 10.1. The minimum absolute atomic E-state index is 0.342. The van der Waals surface area contributed by atoms with Gasteiger partial charge in [0, 0.05) is 51.0 Å². The molecule has 0 radical (unpaired) electrons. The Morgan fingerprint density at radius 3 is 2.37 bits per heavy atom. The predicted molar refractivity (Wildman–Crippen MR) is 104 cm³/mol. The summed E-state index contributed by atoms with van der Waals surface area (Å²) in [4.78, 5) is 15.8. The first-order valence-electron chi connectivity index (χ1n) is 9.45. The SMILES string of the molecule is Cc1cc(N2CCCC2)nc(N2CCN(c3c(F)cccc3C#N)CC2)n1. The normalized spacial score (nSPS) is 17.3. The average molecular weight is 366 g/mol. The van der Waals surface area contributed by atoms with Crippen LogP contribution in [0.1, 0.15) is 24.1 Å².